The average molecular weight is 426 g/mol. The molecule has 1 saturated heterocycles. The first-order chi connectivity index (χ1) is 10.2. The molecule has 0 saturated carbocycles. The molecule has 0 unspecified atom stereocenters. The molecule has 10 heteroatoms. The lowest BCUT2D eigenvalue weighted by atomic mass is 10.3. The van der Waals surface area contributed by atoms with Crippen LogP contribution in [0, 0.1) is 0 Å². The van der Waals surface area contributed by atoms with Gasteiger partial charge in [-0.25, -0.2) is 13.2 Å². The molecule has 2 aromatic rings. The molecule has 1 atom stereocenters. The van der Waals surface area contributed by atoms with Gasteiger partial charge in [-0.3, -0.25) is 9.13 Å². The first-order valence-electron chi connectivity index (χ1n) is 6.84. The molecule has 2 N–H and O–H groups in total. The summed E-state index contributed by atoms with van der Waals surface area (Å²) >= 11 is 3.32. The summed E-state index contributed by atoms with van der Waals surface area (Å²) in [6.07, 6.45) is 0.656. The Labute approximate surface area is 148 Å². The summed E-state index contributed by atoms with van der Waals surface area (Å²) in [7, 11) is -0.349. The second kappa shape index (κ2) is 6.21. The molecular weight excluding hydrogens is 408 g/mol. The molecule has 0 radical (unpaired) electrons. The third-order valence-corrected chi connectivity index (χ3v) is 6.95. The van der Waals surface area contributed by atoms with E-state index in [0.29, 0.717) is 35.0 Å². The highest BCUT2D eigenvalue weighted by molar-refractivity contribution is 9.10. The molecule has 7 nitrogen and oxygen atoms in total. The highest BCUT2D eigenvalue weighted by Crippen LogP contribution is 2.30. The quantitative estimate of drug-likeness (QED) is 0.770. The van der Waals surface area contributed by atoms with Crippen molar-refractivity contribution in [2.24, 2.45) is 19.8 Å². The van der Waals surface area contributed by atoms with Crippen molar-refractivity contribution in [3.8, 4) is 0 Å². The molecule has 1 aromatic carbocycles. The van der Waals surface area contributed by atoms with Crippen LogP contribution in [0.15, 0.2) is 26.3 Å². The molecule has 1 aliphatic heterocycles. The predicted octanol–water partition coefficient (Wildman–Crippen LogP) is 0.783. The smallest absolute Gasteiger partial charge is 0.326 e. The lowest BCUT2D eigenvalue weighted by molar-refractivity contribution is 0.472. The molecule has 0 bridgehead atoms. The van der Waals surface area contributed by atoms with Gasteiger partial charge in [-0.2, -0.15) is 4.31 Å². The molecule has 1 aliphatic rings. The van der Waals surface area contributed by atoms with Gasteiger partial charge in [0.15, 0.2) is 0 Å². The van der Waals surface area contributed by atoms with Crippen LogP contribution in [-0.2, 0) is 24.1 Å². The van der Waals surface area contributed by atoms with Crippen molar-refractivity contribution in [1.29, 1.82) is 0 Å². The van der Waals surface area contributed by atoms with Crippen molar-refractivity contribution in [2.45, 2.75) is 17.4 Å². The maximum atomic E-state index is 12.8. The van der Waals surface area contributed by atoms with E-state index >= 15 is 0 Å². The fourth-order valence-corrected chi connectivity index (χ4v) is 5.33. The first-order valence-corrected chi connectivity index (χ1v) is 9.07. The van der Waals surface area contributed by atoms with Crippen molar-refractivity contribution >= 4 is 49.4 Å². The largest absolute Gasteiger partial charge is 0.328 e. The zero-order valence-electron chi connectivity index (χ0n) is 12.7. The van der Waals surface area contributed by atoms with Crippen LogP contribution < -0.4 is 11.4 Å². The number of benzene rings is 1. The highest BCUT2D eigenvalue weighted by atomic mass is 79.9. The number of sulfonamides is 1. The molecule has 1 fully saturated rings. The Morgan fingerprint density at radius 1 is 1.22 bits per heavy atom. The third kappa shape index (κ3) is 2.85. The maximum Gasteiger partial charge on any atom is 0.328 e. The van der Waals surface area contributed by atoms with Crippen LogP contribution in [0.25, 0.3) is 11.0 Å². The number of rotatable bonds is 2. The summed E-state index contributed by atoms with van der Waals surface area (Å²) in [4.78, 5) is 12.2. The normalized spacial score (nSPS) is 19.2. The Balaban J connectivity index is 0.00000192. The van der Waals surface area contributed by atoms with Crippen molar-refractivity contribution < 1.29 is 8.42 Å². The molecule has 23 heavy (non-hydrogen) atoms. The molecule has 2 heterocycles. The molecule has 0 spiro atoms. The van der Waals surface area contributed by atoms with E-state index < -0.39 is 10.0 Å². The monoisotopic (exact) mass is 424 g/mol. The molecular formula is C13H18BrClN4O3S. The fourth-order valence-electron chi connectivity index (χ4n) is 2.81. The average Bonchev–Trinajstić information content (AvgIpc) is 2.98. The van der Waals surface area contributed by atoms with Crippen LogP contribution >= 0.6 is 28.3 Å². The van der Waals surface area contributed by atoms with Crippen LogP contribution in [0.4, 0.5) is 0 Å². The zero-order valence-corrected chi connectivity index (χ0v) is 15.9. The lowest BCUT2D eigenvalue weighted by Gasteiger charge is -2.17. The summed E-state index contributed by atoms with van der Waals surface area (Å²) in [5.41, 5.74) is 6.87. The van der Waals surface area contributed by atoms with Gasteiger partial charge in [-0.15, -0.1) is 12.4 Å². The first kappa shape index (κ1) is 18.5. The van der Waals surface area contributed by atoms with Crippen LogP contribution in [0.3, 0.4) is 0 Å². The number of fused-ring (bicyclic) bond motifs is 1. The van der Waals surface area contributed by atoms with Crippen LogP contribution in [0.5, 0.6) is 0 Å². The Bertz CT molecular complexity index is 921. The van der Waals surface area contributed by atoms with Gasteiger partial charge in [-0.05, 0) is 34.5 Å². The van der Waals surface area contributed by atoms with E-state index in [9.17, 15) is 13.2 Å². The van der Waals surface area contributed by atoms with E-state index in [-0.39, 0.29) is 29.0 Å². The van der Waals surface area contributed by atoms with E-state index in [1.165, 1.54) is 13.4 Å². The molecule has 128 valence electrons. The van der Waals surface area contributed by atoms with Gasteiger partial charge < -0.3 is 5.73 Å². The number of imidazole rings is 1. The minimum Gasteiger partial charge on any atom is -0.326 e. The molecule has 0 amide bonds. The number of hydrogen-bond donors (Lipinski definition) is 1. The summed E-state index contributed by atoms with van der Waals surface area (Å²) < 4.78 is 30.4. The molecule has 0 aliphatic carbocycles. The third-order valence-electron chi connectivity index (χ3n) is 4.13. The predicted molar refractivity (Wildman–Crippen MR) is 94.5 cm³/mol. The summed E-state index contributed by atoms with van der Waals surface area (Å²) in [6, 6.07) is 3.08. The number of hydrogen-bond acceptors (Lipinski definition) is 4. The minimum absolute atomic E-state index is 0. The number of halogens is 2. The second-order valence-electron chi connectivity index (χ2n) is 5.58. The van der Waals surface area contributed by atoms with Gasteiger partial charge in [0, 0.05) is 37.7 Å². The molecule has 3 rings (SSSR count). The number of aromatic nitrogens is 2. The van der Waals surface area contributed by atoms with Gasteiger partial charge in [0.25, 0.3) is 0 Å². The molecule has 1 aromatic heterocycles. The summed E-state index contributed by atoms with van der Waals surface area (Å²) in [5, 5.41) is 0. The van der Waals surface area contributed by atoms with Gasteiger partial charge in [0.1, 0.15) is 0 Å². The second-order valence-corrected chi connectivity index (χ2v) is 8.34. The van der Waals surface area contributed by atoms with Gasteiger partial charge >= 0.3 is 5.69 Å². The highest BCUT2D eigenvalue weighted by Gasteiger charge is 2.32. The fraction of sp³-hybridized carbons (Fsp3) is 0.462. The van der Waals surface area contributed by atoms with E-state index in [2.05, 4.69) is 15.9 Å². The van der Waals surface area contributed by atoms with Crippen LogP contribution in [-0.4, -0.2) is 41.0 Å². The topological polar surface area (TPSA) is 90.3 Å². The standard InChI is InChI=1S/C13H17BrN4O3S.ClH/c1-16-10-5-9(14)12(6-11(10)17(2)13(16)19)22(20,21)18-4-3-8(15)7-18;/h5-6,8H,3-4,7,15H2,1-2H3;1H/t8-;/m1./s1. The van der Waals surface area contributed by atoms with Gasteiger partial charge in [0.05, 0.1) is 15.9 Å². The van der Waals surface area contributed by atoms with E-state index in [1.807, 2.05) is 0 Å². The number of nitrogens with zero attached hydrogens (tertiary/aromatic N) is 3. The Morgan fingerprint density at radius 3 is 2.30 bits per heavy atom. The van der Waals surface area contributed by atoms with Gasteiger partial charge in [0.2, 0.25) is 10.0 Å². The van der Waals surface area contributed by atoms with Crippen molar-refractivity contribution in [2.75, 3.05) is 13.1 Å². The van der Waals surface area contributed by atoms with Gasteiger partial charge in [-0.1, -0.05) is 0 Å². The Hall–Kier alpha value is -0.870. The van der Waals surface area contributed by atoms with Crippen LogP contribution in [0.2, 0.25) is 0 Å². The van der Waals surface area contributed by atoms with E-state index in [1.54, 1.807) is 26.2 Å². The summed E-state index contributed by atoms with van der Waals surface area (Å²) in [6.45, 7) is 0.738. The summed E-state index contributed by atoms with van der Waals surface area (Å²) in [5.74, 6) is 0. The van der Waals surface area contributed by atoms with Crippen LogP contribution in [0.1, 0.15) is 6.42 Å². The number of nitrogens with two attached hydrogens (primary N) is 1. The van der Waals surface area contributed by atoms with Crippen molar-refractivity contribution in [1.82, 2.24) is 13.4 Å². The lowest BCUT2D eigenvalue weighted by Crippen LogP contribution is -2.32. The zero-order chi connectivity index (χ0) is 16.2. The van der Waals surface area contributed by atoms with Crippen molar-refractivity contribution in [3.63, 3.8) is 0 Å². The SMILES string of the molecule is Cl.Cn1c(=O)n(C)c2cc(S(=O)(=O)N3CC[C@@H](N)C3)c(Br)cc21. The Kier molecular flexibility index (Phi) is 4.99. The minimum atomic E-state index is -3.63. The van der Waals surface area contributed by atoms with Crippen molar-refractivity contribution in [3.05, 3.63) is 27.1 Å². The Morgan fingerprint density at radius 2 is 1.78 bits per heavy atom. The van der Waals surface area contributed by atoms with E-state index in [0.717, 1.165) is 0 Å². The maximum absolute atomic E-state index is 12.8. The number of aryl methyl sites for hydroxylation is 2. The van der Waals surface area contributed by atoms with E-state index in [4.69, 9.17) is 5.73 Å².